The van der Waals surface area contributed by atoms with Crippen molar-refractivity contribution in [2.75, 3.05) is 18.4 Å². The Morgan fingerprint density at radius 1 is 0.970 bits per heavy atom. The van der Waals surface area contributed by atoms with Crippen LogP contribution in [0.5, 0.6) is 0 Å². The Morgan fingerprint density at radius 3 is 2.36 bits per heavy atom. The maximum absolute atomic E-state index is 12.9. The number of aromatic nitrogens is 1. The Bertz CT molecular complexity index is 1190. The summed E-state index contributed by atoms with van der Waals surface area (Å²) in [6, 6.07) is 20.8. The molecular weight excluding hydrogens is 454 g/mol. The van der Waals surface area contributed by atoms with Crippen molar-refractivity contribution in [1.82, 2.24) is 9.29 Å². The lowest BCUT2D eigenvalue weighted by molar-refractivity contribution is -0.115. The van der Waals surface area contributed by atoms with Gasteiger partial charge in [-0.05, 0) is 43.5 Å². The van der Waals surface area contributed by atoms with Crippen molar-refractivity contribution >= 4 is 33.4 Å². The number of piperidine rings is 1. The SMILES string of the molecule is CC(Sc1ccc(S(=O)(=O)N2CCCCC2)cn1)C(=O)Nc1ccccc1-c1ccccc1. The number of benzene rings is 2. The first-order valence-electron chi connectivity index (χ1n) is 11.0. The molecule has 1 unspecified atom stereocenters. The van der Waals surface area contributed by atoms with Crippen LogP contribution in [0.4, 0.5) is 5.69 Å². The summed E-state index contributed by atoms with van der Waals surface area (Å²) in [5.74, 6) is -0.143. The second kappa shape index (κ2) is 10.5. The van der Waals surface area contributed by atoms with Gasteiger partial charge in [-0.3, -0.25) is 4.79 Å². The van der Waals surface area contributed by atoms with Gasteiger partial charge in [-0.2, -0.15) is 4.31 Å². The smallest absolute Gasteiger partial charge is 0.244 e. The first kappa shape index (κ1) is 23.5. The number of nitrogens with zero attached hydrogens (tertiary/aromatic N) is 2. The summed E-state index contributed by atoms with van der Waals surface area (Å²) in [5, 5.41) is 3.21. The van der Waals surface area contributed by atoms with Crippen molar-refractivity contribution in [3.63, 3.8) is 0 Å². The number of pyridine rings is 1. The molecule has 33 heavy (non-hydrogen) atoms. The minimum absolute atomic E-state index is 0.143. The number of hydrogen-bond acceptors (Lipinski definition) is 5. The first-order valence-corrected chi connectivity index (χ1v) is 13.4. The van der Waals surface area contributed by atoms with E-state index in [0.717, 1.165) is 36.1 Å². The lowest BCUT2D eigenvalue weighted by Gasteiger charge is -2.25. The largest absolute Gasteiger partial charge is 0.325 e. The van der Waals surface area contributed by atoms with Crippen molar-refractivity contribution in [3.8, 4) is 11.1 Å². The molecule has 0 radical (unpaired) electrons. The average Bonchev–Trinajstić information content (AvgIpc) is 2.86. The second-order valence-corrected chi connectivity index (χ2v) is 11.3. The van der Waals surface area contributed by atoms with Gasteiger partial charge in [0.25, 0.3) is 0 Å². The van der Waals surface area contributed by atoms with Gasteiger partial charge in [0.15, 0.2) is 0 Å². The highest BCUT2D eigenvalue weighted by atomic mass is 32.2. The molecule has 1 aromatic heterocycles. The normalized spacial score (nSPS) is 15.7. The Morgan fingerprint density at radius 2 is 1.67 bits per heavy atom. The van der Waals surface area contributed by atoms with E-state index in [4.69, 9.17) is 0 Å². The number of nitrogens with one attached hydrogen (secondary N) is 1. The average molecular weight is 482 g/mol. The van der Waals surface area contributed by atoms with Crippen LogP contribution in [0, 0.1) is 0 Å². The van der Waals surface area contributed by atoms with Crippen LogP contribution in [0.3, 0.4) is 0 Å². The number of thioether (sulfide) groups is 1. The minimum Gasteiger partial charge on any atom is -0.325 e. The standard InChI is InChI=1S/C25H27N3O3S2/c1-19(25(29)27-23-13-7-6-12-22(23)20-10-4-2-5-11-20)32-24-15-14-21(18-26-24)33(30,31)28-16-8-3-9-17-28/h2,4-7,10-15,18-19H,3,8-9,16-17H2,1H3,(H,27,29). The molecule has 1 aliphatic rings. The molecular formula is C25H27N3O3S2. The summed E-state index contributed by atoms with van der Waals surface area (Å²) < 4.78 is 27.1. The Kier molecular flexibility index (Phi) is 7.47. The van der Waals surface area contributed by atoms with Crippen LogP contribution in [-0.2, 0) is 14.8 Å². The van der Waals surface area contributed by atoms with Crippen molar-refractivity contribution < 1.29 is 13.2 Å². The van der Waals surface area contributed by atoms with Crippen LogP contribution in [0.2, 0.25) is 0 Å². The van der Waals surface area contributed by atoms with Crippen LogP contribution in [0.15, 0.2) is 82.8 Å². The number of sulfonamides is 1. The summed E-state index contributed by atoms with van der Waals surface area (Å²) >= 11 is 1.30. The molecule has 172 valence electrons. The summed E-state index contributed by atoms with van der Waals surface area (Å²) in [5.41, 5.74) is 2.73. The molecule has 8 heteroatoms. The highest BCUT2D eigenvalue weighted by Crippen LogP contribution is 2.29. The van der Waals surface area contributed by atoms with Gasteiger partial charge in [0, 0.05) is 30.5 Å². The monoisotopic (exact) mass is 481 g/mol. The zero-order valence-corrected chi connectivity index (χ0v) is 20.1. The van der Waals surface area contributed by atoms with E-state index in [1.807, 2.05) is 61.5 Å². The molecule has 1 aliphatic heterocycles. The third-order valence-electron chi connectivity index (χ3n) is 5.60. The number of amides is 1. The topological polar surface area (TPSA) is 79.4 Å². The molecule has 1 atom stereocenters. The Balaban J connectivity index is 1.42. The predicted octanol–water partition coefficient (Wildman–Crippen LogP) is 5.04. The van der Waals surface area contributed by atoms with Crippen molar-refractivity contribution in [2.24, 2.45) is 0 Å². The molecule has 2 aromatic carbocycles. The summed E-state index contributed by atoms with van der Waals surface area (Å²) in [6.45, 7) is 2.92. The maximum Gasteiger partial charge on any atom is 0.244 e. The molecule has 1 N–H and O–H groups in total. The van der Waals surface area contributed by atoms with Gasteiger partial charge in [-0.25, -0.2) is 13.4 Å². The molecule has 1 fully saturated rings. The molecule has 0 aliphatic carbocycles. The lowest BCUT2D eigenvalue weighted by Crippen LogP contribution is -2.35. The van der Waals surface area contributed by atoms with E-state index in [-0.39, 0.29) is 10.8 Å². The minimum atomic E-state index is -3.51. The molecule has 3 aromatic rings. The number of rotatable bonds is 7. The highest BCUT2D eigenvalue weighted by molar-refractivity contribution is 8.00. The summed E-state index contributed by atoms with van der Waals surface area (Å²) in [7, 11) is -3.51. The van der Waals surface area contributed by atoms with Crippen LogP contribution in [0.1, 0.15) is 26.2 Å². The molecule has 6 nitrogen and oxygen atoms in total. The van der Waals surface area contributed by atoms with E-state index in [1.165, 1.54) is 22.3 Å². The molecule has 1 saturated heterocycles. The number of anilines is 1. The fourth-order valence-electron chi connectivity index (χ4n) is 3.77. The van der Waals surface area contributed by atoms with Crippen LogP contribution >= 0.6 is 11.8 Å². The molecule has 0 bridgehead atoms. The predicted molar refractivity (Wildman–Crippen MR) is 133 cm³/mol. The number of carbonyl (C=O) groups excluding carboxylic acids is 1. The van der Waals surface area contributed by atoms with Gasteiger partial charge >= 0.3 is 0 Å². The third kappa shape index (κ3) is 5.63. The van der Waals surface area contributed by atoms with Crippen molar-refractivity contribution in [1.29, 1.82) is 0 Å². The van der Waals surface area contributed by atoms with E-state index in [1.54, 1.807) is 12.1 Å². The molecule has 2 heterocycles. The zero-order valence-electron chi connectivity index (χ0n) is 18.5. The van der Waals surface area contributed by atoms with Gasteiger partial charge in [-0.15, -0.1) is 0 Å². The van der Waals surface area contributed by atoms with E-state index >= 15 is 0 Å². The van der Waals surface area contributed by atoms with Crippen molar-refractivity contribution in [3.05, 3.63) is 72.9 Å². The zero-order chi connectivity index (χ0) is 23.3. The fourth-order valence-corrected chi connectivity index (χ4v) is 6.03. The van der Waals surface area contributed by atoms with Gasteiger partial charge in [0.2, 0.25) is 15.9 Å². The van der Waals surface area contributed by atoms with E-state index in [9.17, 15) is 13.2 Å². The van der Waals surface area contributed by atoms with Gasteiger partial charge < -0.3 is 5.32 Å². The quantitative estimate of drug-likeness (QED) is 0.478. The van der Waals surface area contributed by atoms with Gasteiger partial charge in [0.05, 0.1) is 10.3 Å². The van der Waals surface area contributed by atoms with Crippen molar-refractivity contribution in [2.45, 2.75) is 41.4 Å². The lowest BCUT2D eigenvalue weighted by atomic mass is 10.0. The van der Waals surface area contributed by atoms with E-state index in [2.05, 4.69) is 10.3 Å². The van der Waals surface area contributed by atoms with Crippen LogP contribution in [0.25, 0.3) is 11.1 Å². The second-order valence-electron chi connectivity index (χ2n) is 7.96. The van der Waals surface area contributed by atoms with E-state index in [0.29, 0.717) is 18.1 Å². The van der Waals surface area contributed by atoms with E-state index < -0.39 is 15.3 Å². The van der Waals surface area contributed by atoms with Crippen LogP contribution in [-0.4, -0.2) is 42.0 Å². The third-order valence-corrected chi connectivity index (χ3v) is 8.53. The number of carbonyl (C=O) groups is 1. The Labute approximate surface area is 199 Å². The number of para-hydroxylation sites is 1. The maximum atomic E-state index is 12.9. The highest BCUT2D eigenvalue weighted by Gasteiger charge is 2.26. The van der Waals surface area contributed by atoms with Crippen LogP contribution < -0.4 is 5.32 Å². The summed E-state index contributed by atoms with van der Waals surface area (Å²) in [4.78, 5) is 17.4. The first-order chi connectivity index (χ1) is 15.9. The fraction of sp³-hybridized carbons (Fsp3) is 0.280. The van der Waals surface area contributed by atoms with Gasteiger partial charge in [-0.1, -0.05) is 66.7 Å². The summed E-state index contributed by atoms with van der Waals surface area (Å²) in [6.07, 6.45) is 4.23. The Hall–Kier alpha value is -2.68. The molecule has 0 spiro atoms. The number of hydrogen-bond donors (Lipinski definition) is 1. The molecule has 4 rings (SSSR count). The molecule has 1 amide bonds. The molecule has 0 saturated carbocycles. The van der Waals surface area contributed by atoms with Gasteiger partial charge in [0.1, 0.15) is 4.90 Å².